The molecule has 0 bridgehead atoms. The molecule has 7 heteroatoms. The minimum absolute atomic E-state index is 0.0867. The van der Waals surface area contributed by atoms with Gasteiger partial charge < -0.3 is 5.32 Å². The van der Waals surface area contributed by atoms with Crippen molar-refractivity contribution in [3.8, 4) is 5.69 Å². The van der Waals surface area contributed by atoms with Crippen LogP contribution in [0.2, 0.25) is 0 Å². The Labute approximate surface area is 125 Å². The largest absolute Gasteiger partial charge is 0.375 e. The minimum atomic E-state index is -0.290. The number of halogens is 1. The van der Waals surface area contributed by atoms with Crippen LogP contribution in [-0.2, 0) is 0 Å². The van der Waals surface area contributed by atoms with E-state index in [2.05, 4.69) is 33.8 Å². The monoisotopic (exact) mass is 303 g/mol. The van der Waals surface area contributed by atoms with E-state index in [0.717, 1.165) is 6.42 Å². The van der Waals surface area contributed by atoms with Gasteiger partial charge in [0, 0.05) is 4.88 Å². The van der Waals surface area contributed by atoms with Gasteiger partial charge in [0.25, 0.3) is 0 Å². The zero-order valence-electron chi connectivity index (χ0n) is 11.4. The van der Waals surface area contributed by atoms with Crippen molar-refractivity contribution >= 4 is 17.0 Å². The first-order valence-electron chi connectivity index (χ1n) is 6.60. The predicted molar refractivity (Wildman–Crippen MR) is 80.1 cm³/mol. The summed E-state index contributed by atoms with van der Waals surface area (Å²) < 4.78 is 15.5. The average Bonchev–Trinajstić information content (AvgIpc) is 3.19. The standard InChI is InChI=1S/C14H14FN5S/c1-2-12(14-4-3-7-21-14)17-13-8-10(5-6-11(13)15)20-9-16-18-19-20/h3-9,12,17H,2H2,1H3. The van der Waals surface area contributed by atoms with E-state index in [1.165, 1.54) is 22.0 Å². The number of nitrogens with one attached hydrogen (secondary N) is 1. The SMILES string of the molecule is CCC(Nc1cc(-n2cnnn2)ccc1F)c1cccs1. The quantitative estimate of drug-likeness (QED) is 0.784. The fourth-order valence-electron chi connectivity index (χ4n) is 2.10. The molecule has 0 aliphatic rings. The Hall–Kier alpha value is -2.28. The molecule has 0 saturated heterocycles. The maximum absolute atomic E-state index is 14.0. The molecule has 1 unspecified atom stereocenters. The molecular formula is C14H14FN5S. The number of aromatic nitrogens is 4. The second kappa shape index (κ2) is 6.01. The Kier molecular flexibility index (Phi) is 3.92. The normalized spacial score (nSPS) is 12.3. The third-order valence-corrected chi connectivity index (χ3v) is 4.17. The van der Waals surface area contributed by atoms with Crippen LogP contribution in [0.4, 0.5) is 10.1 Å². The van der Waals surface area contributed by atoms with E-state index in [0.29, 0.717) is 11.4 Å². The van der Waals surface area contributed by atoms with Crippen molar-refractivity contribution in [1.29, 1.82) is 0 Å². The number of nitrogens with zero attached hydrogens (tertiary/aromatic N) is 4. The fourth-order valence-corrected chi connectivity index (χ4v) is 2.96. The summed E-state index contributed by atoms with van der Waals surface area (Å²) in [6.45, 7) is 2.07. The lowest BCUT2D eigenvalue weighted by Gasteiger charge is -2.18. The lowest BCUT2D eigenvalue weighted by atomic mass is 10.1. The summed E-state index contributed by atoms with van der Waals surface area (Å²) in [4.78, 5) is 1.18. The summed E-state index contributed by atoms with van der Waals surface area (Å²) in [5, 5.41) is 16.3. The molecule has 3 rings (SSSR count). The highest BCUT2D eigenvalue weighted by molar-refractivity contribution is 7.10. The van der Waals surface area contributed by atoms with Gasteiger partial charge in [0.05, 0.1) is 17.4 Å². The number of tetrazole rings is 1. The molecule has 0 aliphatic carbocycles. The number of hydrogen-bond donors (Lipinski definition) is 1. The Balaban J connectivity index is 1.89. The summed E-state index contributed by atoms with van der Waals surface area (Å²) in [6.07, 6.45) is 2.35. The molecule has 1 atom stereocenters. The summed E-state index contributed by atoms with van der Waals surface area (Å²) in [7, 11) is 0. The van der Waals surface area contributed by atoms with Crippen LogP contribution in [0.15, 0.2) is 42.0 Å². The second-order valence-electron chi connectivity index (χ2n) is 4.54. The third kappa shape index (κ3) is 2.92. The van der Waals surface area contributed by atoms with Crippen molar-refractivity contribution in [3.05, 3.63) is 52.7 Å². The summed E-state index contributed by atoms with van der Waals surface area (Å²) in [5.41, 5.74) is 1.16. The molecule has 108 valence electrons. The first kappa shape index (κ1) is 13.7. The summed E-state index contributed by atoms with van der Waals surface area (Å²) in [6, 6.07) is 8.90. The van der Waals surface area contributed by atoms with Gasteiger partial charge in [0.1, 0.15) is 12.1 Å². The topological polar surface area (TPSA) is 55.6 Å². The molecule has 0 radical (unpaired) electrons. The summed E-state index contributed by atoms with van der Waals surface area (Å²) in [5.74, 6) is -0.290. The van der Waals surface area contributed by atoms with E-state index in [4.69, 9.17) is 0 Å². The van der Waals surface area contributed by atoms with Gasteiger partial charge in [-0.25, -0.2) is 9.07 Å². The van der Waals surface area contributed by atoms with Crippen LogP contribution in [0, 0.1) is 5.82 Å². The smallest absolute Gasteiger partial charge is 0.146 e. The third-order valence-electron chi connectivity index (χ3n) is 3.19. The van der Waals surface area contributed by atoms with Gasteiger partial charge >= 0.3 is 0 Å². The van der Waals surface area contributed by atoms with Gasteiger partial charge in [-0.2, -0.15) is 0 Å². The highest BCUT2D eigenvalue weighted by Crippen LogP contribution is 2.28. The van der Waals surface area contributed by atoms with Crippen LogP contribution >= 0.6 is 11.3 Å². The maximum atomic E-state index is 14.0. The molecule has 0 fully saturated rings. The molecule has 1 N–H and O–H groups in total. The second-order valence-corrected chi connectivity index (χ2v) is 5.52. The molecule has 0 spiro atoms. The van der Waals surface area contributed by atoms with Crippen molar-refractivity contribution in [2.24, 2.45) is 0 Å². The van der Waals surface area contributed by atoms with Crippen molar-refractivity contribution in [2.75, 3.05) is 5.32 Å². The molecule has 21 heavy (non-hydrogen) atoms. The van der Waals surface area contributed by atoms with Crippen molar-refractivity contribution in [2.45, 2.75) is 19.4 Å². The lowest BCUT2D eigenvalue weighted by molar-refractivity contribution is 0.623. The van der Waals surface area contributed by atoms with Gasteiger partial charge in [0.2, 0.25) is 0 Å². The van der Waals surface area contributed by atoms with Gasteiger partial charge in [-0.05, 0) is 46.5 Å². The van der Waals surface area contributed by atoms with Gasteiger partial charge in [0.15, 0.2) is 0 Å². The first-order chi connectivity index (χ1) is 10.3. The van der Waals surface area contributed by atoms with E-state index in [1.807, 2.05) is 11.4 Å². The van der Waals surface area contributed by atoms with Crippen LogP contribution in [0.1, 0.15) is 24.3 Å². The fraction of sp³-hybridized carbons (Fsp3) is 0.214. The Morgan fingerprint density at radius 1 is 1.38 bits per heavy atom. The molecule has 2 heterocycles. The number of rotatable bonds is 5. The molecule has 1 aromatic carbocycles. The summed E-state index contributed by atoms with van der Waals surface area (Å²) >= 11 is 1.66. The van der Waals surface area contributed by atoms with Crippen LogP contribution in [0.3, 0.4) is 0 Å². The number of thiophene rings is 1. The predicted octanol–water partition coefficient (Wildman–Crippen LogP) is 3.43. The van der Waals surface area contributed by atoms with Crippen molar-refractivity contribution in [3.63, 3.8) is 0 Å². The zero-order valence-corrected chi connectivity index (χ0v) is 12.2. The first-order valence-corrected chi connectivity index (χ1v) is 7.48. The van der Waals surface area contributed by atoms with Crippen molar-refractivity contribution < 1.29 is 4.39 Å². The van der Waals surface area contributed by atoms with Gasteiger partial charge in [-0.1, -0.05) is 13.0 Å². The van der Waals surface area contributed by atoms with Crippen molar-refractivity contribution in [1.82, 2.24) is 20.2 Å². The van der Waals surface area contributed by atoms with Crippen LogP contribution in [0.25, 0.3) is 5.69 Å². The van der Waals surface area contributed by atoms with E-state index < -0.39 is 0 Å². The molecule has 5 nitrogen and oxygen atoms in total. The van der Waals surface area contributed by atoms with E-state index in [-0.39, 0.29) is 11.9 Å². The molecule has 0 amide bonds. The van der Waals surface area contributed by atoms with Crippen LogP contribution < -0.4 is 5.32 Å². The highest BCUT2D eigenvalue weighted by atomic mass is 32.1. The van der Waals surface area contributed by atoms with Crippen LogP contribution in [-0.4, -0.2) is 20.2 Å². The zero-order chi connectivity index (χ0) is 14.7. The highest BCUT2D eigenvalue weighted by Gasteiger charge is 2.13. The van der Waals surface area contributed by atoms with E-state index in [9.17, 15) is 4.39 Å². The number of anilines is 1. The molecule has 3 aromatic rings. The van der Waals surface area contributed by atoms with Crippen LogP contribution in [0.5, 0.6) is 0 Å². The molecule has 0 saturated carbocycles. The van der Waals surface area contributed by atoms with Gasteiger partial charge in [-0.15, -0.1) is 16.4 Å². The number of hydrogen-bond acceptors (Lipinski definition) is 5. The van der Waals surface area contributed by atoms with E-state index in [1.54, 1.807) is 23.5 Å². The van der Waals surface area contributed by atoms with E-state index >= 15 is 0 Å². The average molecular weight is 303 g/mol. The Morgan fingerprint density at radius 2 is 2.29 bits per heavy atom. The Bertz CT molecular complexity index is 696. The minimum Gasteiger partial charge on any atom is -0.375 e. The maximum Gasteiger partial charge on any atom is 0.146 e. The Morgan fingerprint density at radius 3 is 2.95 bits per heavy atom. The van der Waals surface area contributed by atoms with Gasteiger partial charge in [-0.3, -0.25) is 0 Å². The lowest BCUT2D eigenvalue weighted by Crippen LogP contribution is -2.10. The molecular weight excluding hydrogens is 289 g/mol. The number of benzene rings is 1. The molecule has 0 aliphatic heterocycles. The molecule has 2 aromatic heterocycles.